The molecule has 3 aliphatic rings. The molecule has 3 saturated heterocycles. The van der Waals surface area contributed by atoms with Crippen molar-refractivity contribution in [1.82, 2.24) is 30.1 Å². The fraction of sp³-hybridized carbons (Fsp3) is 0.389. The van der Waals surface area contributed by atoms with Crippen LogP contribution >= 0.6 is 0 Å². The zero-order valence-corrected chi connectivity index (χ0v) is 26.5. The number of carbonyl (C=O) groups is 1. The standard InChI is InChI=1S/C36H38FN7O3/c1-4-23-9-6-10-24-17-26(45)18-27(30(23)24)32-31(37)33-28(19-38-32)34(43-16-15-42(3)20-25(21-43)39-29(46)5-2)41-35(40-33)47-22-36-11-7-13-44(36)14-8-12-36/h1,5-6,9-10,17-19,25,45H,2,7-8,11-16,20-22H2,3H3,(H,39,46)/t25-/m1/s1. The first-order valence-electron chi connectivity index (χ1n) is 16.1. The number of hydrogen-bond acceptors (Lipinski definition) is 9. The van der Waals surface area contributed by atoms with Crippen LogP contribution in [0.5, 0.6) is 11.8 Å². The monoisotopic (exact) mass is 635 g/mol. The summed E-state index contributed by atoms with van der Waals surface area (Å²) >= 11 is 0. The Hall–Kier alpha value is -4.79. The first kappa shape index (κ1) is 30.8. The highest BCUT2D eigenvalue weighted by Gasteiger charge is 2.45. The van der Waals surface area contributed by atoms with Crippen LogP contribution in [0.1, 0.15) is 31.2 Å². The van der Waals surface area contributed by atoms with E-state index in [-0.39, 0.29) is 40.5 Å². The molecule has 11 heteroatoms. The number of terminal acetylenes is 1. The number of phenols is 1. The van der Waals surface area contributed by atoms with Crippen LogP contribution in [0.15, 0.2) is 49.2 Å². The predicted octanol–water partition coefficient (Wildman–Crippen LogP) is 4.10. The SMILES string of the molecule is C#Cc1cccc2cc(O)cc(-c3ncc4c(N5CCN(C)C[C@@H](NC(=O)C=C)C5)nc(OCC56CCCN5CCC6)nc4c3F)c12. The summed E-state index contributed by atoms with van der Waals surface area (Å²) in [5, 5.41) is 15.3. The largest absolute Gasteiger partial charge is 0.508 e. The molecule has 0 spiro atoms. The number of aromatic nitrogens is 3. The van der Waals surface area contributed by atoms with E-state index in [1.165, 1.54) is 12.1 Å². The van der Waals surface area contributed by atoms with Crippen LogP contribution in [0.25, 0.3) is 32.9 Å². The molecule has 3 aliphatic heterocycles. The summed E-state index contributed by atoms with van der Waals surface area (Å²) in [5.41, 5.74) is 0.939. The lowest BCUT2D eigenvalue weighted by atomic mass is 9.95. The van der Waals surface area contributed by atoms with Gasteiger partial charge in [-0.3, -0.25) is 14.7 Å². The van der Waals surface area contributed by atoms with E-state index in [9.17, 15) is 9.90 Å². The van der Waals surface area contributed by atoms with Crippen molar-refractivity contribution < 1.29 is 19.0 Å². The van der Waals surface area contributed by atoms with Gasteiger partial charge in [0.15, 0.2) is 5.82 Å². The van der Waals surface area contributed by atoms with Gasteiger partial charge in [0.1, 0.15) is 29.4 Å². The topological polar surface area (TPSA) is 107 Å². The molecule has 0 bridgehead atoms. The lowest BCUT2D eigenvalue weighted by Gasteiger charge is -2.31. The summed E-state index contributed by atoms with van der Waals surface area (Å²) in [6.07, 6.45) is 13.0. The second-order valence-electron chi connectivity index (χ2n) is 12.9. The van der Waals surface area contributed by atoms with Crippen LogP contribution in [-0.2, 0) is 4.79 Å². The van der Waals surface area contributed by atoms with E-state index in [1.807, 2.05) is 18.0 Å². The molecule has 2 aromatic heterocycles. The van der Waals surface area contributed by atoms with Crippen LogP contribution in [0.4, 0.5) is 10.2 Å². The highest BCUT2D eigenvalue weighted by Crippen LogP contribution is 2.40. The minimum absolute atomic E-state index is 0.0137. The number of nitrogens with one attached hydrogen (secondary N) is 1. The number of anilines is 1. The van der Waals surface area contributed by atoms with Crippen molar-refractivity contribution in [1.29, 1.82) is 0 Å². The molecule has 10 nitrogen and oxygen atoms in total. The molecule has 2 aromatic carbocycles. The fourth-order valence-electron chi connectivity index (χ4n) is 7.61. The smallest absolute Gasteiger partial charge is 0.319 e. The molecule has 0 aliphatic carbocycles. The summed E-state index contributed by atoms with van der Waals surface area (Å²) in [7, 11) is 2.00. The number of amides is 1. The molecule has 0 radical (unpaired) electrons. The van der Waals surface area contributed by atoms with Crippen molar-refractivity contribution in [2.45, 2.75) is 37.3 Å². The second-order valence-corrected chi connectivity index (χ2v) is 12.9. The number of hydrogen-bond donors (Lipinski definition) is 2. The maximum atomic E-state index is 16.9. The molecular formula is C36H38FN7O3. The molecule has 47 heavy (non-hydrogen) atoms. The first-order valence-corrected chi connectivity index (χ1v) is 16.1. The highest BCUT2D eigenvalue weighted by molar-refractivity contribution is 6.02. The van der Waals surface area contributed by atoms with Gasteiger partial charge in [0.25, 0.3) is 0 Å². The zero-order valence-electron chi connectivity index (χ0n) is 26.5. The molecule has 1 atom stereocenters. The van der Waals surface area contributed by atoms with Crippen LogP contribution < -0.4 is 15.0 Å². The summed E-state index contributed by atoms with van der Waals surface area (Å²) < 4.78 is 23.3. The van der Waals surface area contributed by atoms with E-state index in [1.54, 1.807) is 24.4 Å². The molecule has 5 heterocycles. The number of halogens is 1. The average Bonchev–Trinajstić information content (AvgIpc) is 3.60. The van der Waals surface area contributed by atoms with Crippen LogP contribution in [0, 0.1) is 18.2 Å². The Labute approximate surface area is 273 Å². The molecular weight excluding hydrogens is 597 g/mol. The Morgan fingerprint density at radius 3 is 2.79 bits per heavy atom. The molecule has 3 fully saturated rings. The van der Waals surface area contributed by atoms with Gasteiger partial charge < -0.3 is 25.0 Å². The van der Waals surface area contributed by atoms with Gasteiger partial charge in [0.2, 0.25) is 5.91 Å². The highest BCUT2D eigenvalue weighted by atomic mass is 19.1. The van der Waals surface area contributed by atoms with Crippen molar-refractivity contribution in [2.75, 3.05) is 57.8 Å². The van der Waals surface area contributed by atoms with Gasteiger partial charge in [0.05, 0.1) is 17.0 Å². The lowest BCUT2D eigenvalue weighted by molar-refractivity contribution is -0.117. The normalized spacial score (nSPS) is 19.8. The average molecular weight is 636 g/mol. The van der Waals surface area contributed by atoms with Gasteiger partial charge in [-0.1, -0.05) is 24.6 Å². The van der Waals surface area contributed by atoms with E-state index in [0.29, 0.717) is 65.9 Å². The molecule has 0 unspecified atom stereocenters. The van der Waals surface area contributed by atoms with Crippen molar-refractivity contribution in [3.8, 4) is 35.4 Å². The van der Waals surface area contributed by atoms with Crippen molar-refractivity contribution in [2.24, 2.45) is 0 Å². The Morgan fingerprint density at radius 2 is 2.02 bits per heavy atom. The van der Waals surface area contributed by atoms with Crippen LogP contribution in [0.3, 0.4) is 0 Å². The Kier molecular flexibility index (Phi) is 8.16. The Morgan fingerprint density at radius 1 is 1.21 bits per heavy atom. The molecule has 0 saturated carbocycles. The zero-order chi connectivity index (χ0) is 32.7. The summed E-state index contributed by atoms with van der Waals surface area (Å²) in [5.74, 6) is 2.20. The van der Waals surface area contributed by atoms with E-state index >= 15 is 4.39 Å². The molecule has 242 valence electrons. The molecule has 1 amide bonds. The van der Waals surface area contributed by atoms with Crippen molar-refractivity contribution in [3.05, 3.63) is 60.6 Å². The van der Waals surface area contributed by atoms with E-state index in [0.717, 1.165) is 38.8 Å². The third-order valence-corrected chi connectivity index (χ3v) is 9.85. The third-order valence-electron chi connectivity index (χ3n) is 9.85. The maximum absolute atomic E-state index is 16.9. The quantitative estimate of drug-likeness (QED) is 0.229. The van der Waals surface area contributed by atoms with Gasteiger partial charge in [-0.15, -0.1) is 6.42 Å². The lowest BCUT2D eigenvalue weighted by Crippen LogP contribution is -2.46. The van der Waals surface area contributed by atoms with Crippen LogP contribution in [0.2, 0.25) is 0 Å². The van der Waals surface area contributed by atoms with E-state index in [2.05, 4.69) is 37.6 Å². The summed E-state index contributed by atoms with van der Waals surface area (Å²) in [6.45, 7) is 8.43. The number of carbonyl (C=O) groups excluding carboxylic acids is 1. The number of likely N-dealkylation sites (N-methyl/N-ethyl adjacent to an activating group) is 1. The molecule has 4 aromatic rings. The number of phenolic OH excluding ortho intramolecular Hbond substituents is 1. The minimum Gasteiger partial charge on any atom is -0.508 e. The second kappa shape index (κ2) is 12.4. The van der Waals surface area contributed by atoms with Gasteiger partial charge in [-0.2, -0.15) is 9.97 Å². The minimum atomic E-state index is -0.667. The first-order chi connectivity index (χ1) is 22.8. The molecule has 7 rings (SSSR count). The number of rotatable bonds is 7. The van der Waals surface area contributed by atoms with E-state index in [4.69, 9.17) is 16.1 Å². The van der Waals surface area contributed by atoms with Gasteiger partial charge in [0, 0.05) is 48.9 Å². The Bertz CT molecular complexity index is 1910. The summed E-state index contributed by atoms with van der Waals surface area (Å²) in [4.78, 5) is 33.1. The number of benzene rings is 2. The number of ether oxygens (including phenoxy) is 1. The third kappa shape index (κ3) is 5.72. The van der Waals surface area contributed by atoms with Crippen molar-refractivity contribution in [3.63, 3.8) is 0 Å². The van der Waals surface area contributed by atoms with Crippen molar-refractivity contribution >= 4 is 33.4 Å². The number of pyridine rings is 1. The van der Waals surface area contributed by atoms with E-state index < -0.39 is 5.82 Å². The number of fused-ring (bicyclic) bond motifs is 3. The fourth-order valence-corrected chi connectivity index (χ4v) is 7.61. The number of aromatic hydroxyl groups is 1. The molecule has 2 N–H and O–H groups in total. The van der Waals surface area contributed by atoms with Gasteiger partial charge in [-0.05, 0) is 75.5 Å². The summed E-state index contributed by atoms with van der Waals surface area (Å²) in [6, 6.07) is 8.32. The predicted molar refractivity (Wildman–Crippen MR) is 180 cm³/mol. The van der Waals surface area contributed by atoms with Crippen LogP contribution in [-0.4, -0.2) is 100 Å². The Balaban J connectivity index is 1.36. The van der Waals surface area contributed by atoms with Gasteiger partial charge >= 0.3 is 6.01 Å². The number of nitrogens with zero attached hydrogens (tertiary/aromatic N) is 6. The van der Waals surface area contributed by atoms with Gasteiger partial charge in [-0.25, -0.2) is 4.39 Å². The maximum Gasteiger partial charge on any atom is 0.319 e.